The Kier molecular flexibility index (Phi) is 8.01. The molecule has 0 bridgehead atoms. The summed E-state index contributed by atoms with van der Waals surface area (Å²) in [6.45, 7) is 5.26. The predicted octanol–water partition coefficient (Wildman–Crippen LogP) is 4.78. The van der Waals surface area contributed by atoms with Crippen LogP contribution in [-0.4, -0.2) is 24.8 Å². The number of benzene rings is 2. The van der Waals surface area contributed by atoms with Gasteiger partial charge in [-0.25, -0.2) is 0 Å². The maximum Gasteiger partial charge on any atom is 0.179 e. The van der Waals surface area contributed by atoms with E-state index in [2.05, 4.69) is 19.1 Å². The van der Waals surface area contributed by atoms with E-state index in [1.807, 2.05) is 19.1 Å². The maximum absolute atomic E-state index is 6.30. The third-order valence-electron chi connectivity index (χ3n) is 3.65. The van der Waals surface area contributed by atoms with Crippen molar-refractivity contribution in [2.75, 3.05) is 19.8 Å². The molecule has 26 heavy (non-hydrogen) atoms. The summed E-state index contributed by atoms with van der Waals surface area (Å²) in [5.41, 5.74) is 7.62. The Labute approximate surface area is 165 Å². The minimum Gasteiger partial charge on any atom is -0.490 e. The molecule has 2 aromatic carbocycles. The molecule has 0 spiro atoms. The fraction of sp³-hybridized carbons (Fsp3) is 0.350. The van der Waals surface area contributed by atoms with Gasteiger partial charge in [0.1, 0.15) is 24.0 Å². The maximum atomic E-state index is 6.30. The Morgan fingerprint density at radius 1 is 1.04 bits per heavy atom. The topological polar surface area (TPSA) is 53.7 Å². The number of aryl methyl sites for hydroxylation is 1. The number of nitrogens with two attached hydrogens (primary N) is 1. The molecule has 140 valence electrons. The van der Waals surface area contributed by atoms with E-state index in [4.69, 9.17) is 43.8 Å². The van der Waals surface area contributed by atoms with Crippen molar-refractivity contribution in [2.24, 2.45) is 5.73 Å². The number of hydrogen-bond acceptors (Lipinski definition) is 4. The standard InChI is InChI=1S/C20H24ClNO3S/c1-3-5-14-6-8-16(9-7-14)24-10-11-25-19-17(21)12-15(20(22)26)13-18(19)23-4-2/h6-9,12-13H,3-5,10-11H2,1-2H3,(H2,22,26). The van der Waals surface area contributed by atoms with Crippen LogP contribution in [0.3, 0.4) is 0 Å². The molecule has 0 heterocycles. The molecule has 0 atom stereocenters. The van der Waals surface area contributed by atoms with E-state index in [0.29, 0.717) is 41.9 Å². The van der Waals surface area contributed by atoms with Gasteiger partial charge in [-0.1, -0.05) is 49.3 Å². The zero-order chi connectivity index (χ0) is 18.9. The molecule has 2 rings (SSSR count). The molecule has 0 aliphatic carbocycles. The molecule has 6 heteroatoms. The highest BCUT2D eigenvalue weighted by Gasteiger charge is 2.14. The van der Waals surface area contributed by atoms with Crippen molar-refractivity contribution in [3.05, 3.63) is 52.5 Å². The van der Waals surface area contributed by atoms with Gasteiger partial charge in [-0.05, 0) is 43.2 Å². The normalized spacial score (nSPS) is 10.4. The first-order valence-corrected chi connectivity index (χ1v) is 9.44. The molecule has 0 saturated carbocycles. The smallest absolute Gasteiger partial charge is 0.179 e. The zero-order valence-electron chi connectivity index (χ0n) is 15.1. The molecule has 0 saturated heterocycles. The molecule has 0 unspecified atom stereocenters. The number of halogens is 1. The second-order valence-electron chi connectivity index (χ2n) is 5.67. The summed E-state index contributed by atoms with van der Waals surface area (Å²) in [5.74, 6) is 1.80. The van der Waals surface area contributed by atoms with E-state index in [1.165, 1.54) is 5.56 Å². The lowest BCUT2D eigenvalue weighted by molar-refractivity contribution is 0.208. The van der Waals surface area contributed by atoms with Crippen LogP contribution >= 0.6 is 23.8 Å². The summed E-state index contributed by atoms with van der Waals surface area (Å²) >= 11 is 11.3. The van der Waals surface area contributed by atoms with Crippen molar-refractivity contribution >= 4 is 28.8 Å². The SMILES string of the molecule is CCCc1ccc(OCCOc2c(Cl)cc(C(N)=S)cc2OCC)cc1. The van der Waals surface area contributed by atoms with Crippen molar-refractivity contribution in [1.29, 1.82) is 0 Å². The quantitative estimate of drug-likeness (QED) is 0.465. The molecule has 0 aromatic heterocycles. The van der Waals surface area contributed by atoms with Gasteiger partial charge in [-0.2, -0.15) is 0 Å². The molecule has 2 N–H and O–H groups in total. The molecule has 0 radical (unpaired) electrons. The van der Waals surface area contributed by atoms with Gasteiger partial charge < -0.3 is 19.9 Å². The van der Waals surface area contributed by atoms with Gasteiger partial charge in [-0.3, -0.25) is 0 Å². The van der Waals surface area contributed by atoms with Crippen LogP contribution in [0.5, 0.6) is 17.2 Å². The Bertz CT molecular complexity index is 735. The van der Waals surface area contributed by atoms with Crippen LogP contribution in [0, 0.1) is 0 Å². The summed E-state index contributed by atoms with van der Waals surface area (Å²) in [7, 11) is 0. The average molecular weight is 394 g/mol. The van der Waals surface area contributed by atoms with Gasteiger partial charge in [0.15, 0.2) is 11.5 Å². The first-order valence-electron chi connectivity index (χ1n) is 8.65. The third kappa shape index (κ3) is 5.78. The highest BCUT2D eigenvalue weighted by Crippen LogP contribution is 2.36. The average Bonchev–Trinajstić information content (AvgIpc) is 2.62. The minimum absolute atomic E-state index is 0.259. The Balaban J connectivity index is 1.95. The highest BCUT2D eigenvalue weighted by atomic mass is 35.5. The van der Waals surface area contributed by atoms with E-state index in [-0.39, 0.29) is 4.99 Å². The molecule has 0 aliphatic heterocycles. The molecule has 0 fully saturated rings. The first-order chi connectivity index (χ1) is 12.5. The van der Waals surface area contributed by atoms with Gasteiger partial charge in [-0.15, -0.1) is 0 Å². The lowest BCUT2D eigenvalue weighted by atomic mass is 10.1. The third-order valence-corrected chi connectivity index (χ3v) is 4.17. The van der Waals surface area contributed by atoms with Crippen LogP contribution < -0.4 is 19.9 Å². The zero-order valence-corrected chi connectivity index (χ0v) is 16.7. The van der Waals surface area contributed by atoms with Crippen LogP contribution in [-0.2, 0) is 6.42 Å². The van der Waals surface area contributed by atoms with E-state index < -0.39 is 0 Å². The predicted molar refractivity (Wildman–Crippen MR) is 110 cm³/mol. The second kappa shape index (κ2) is 10.2. The van der Waals surface area contributed by atoms with Crippen molar-refractivity contribution in [3.8, 4) is 17.2 Å². The number of hydrogen-bond donors (Lipinski definition) is 1. The monoisotopic (exact) mass is 393 g/mol. The summed E-state index contributed by atoms with van der Waals surface area (Å²) in [4.78, 5) is 0.259. The lowest BCUT2D eigenvalue weighted by Crippen LogP contribution is -2.12. The van der Waals surface area contributed by atoms with Gasteiger partial charge in [0.2, 0.25) is 0 Å². The van der Waals surface area contributed by atoms with Crippen molar-refractivity contribution < 1.29 is 14.2 Å². The summed E-state index contributed by atoms with van der Waals surface area (Å²) in [6.07, 6.45) is 2.20. The van der Waals surface area contributed by atoms with Crippen molar-refractivity contribution in [2.45, 2.75) is 26.7 Å². The second-order valence-corrected chi connectivity index (χ2v) is 6.52. The summed E-state index contributed by atoms with van der Waals surface area (Å²) in [6, 6.07) is 11.5. The van der Waals surface area contributed by atoms with Gasteiger partial charge in [0.25, 0.3) is 0 Å². The van der Waals surface area contributed by atoms with Gasteiger partial charge >= 0.3 is 0 Å². The van der Waals surface area contributed by atoms with Crippen molar-refractivity contribution in [1.82, 2.24) is 0 Å². The molecular weight excluding hydrogens is 370 g/mol. The Morgan fingerprint density at radius 3 is 2.35 bits per heavy atom. The van der Waals surface area contributed by atoms with Gasteiger partial charge in [0.05, 0.1) is 11.6 Å². The molecule has 4 nitrogen and oxygen atoms in total. The minimum atomic E-state index is 0.259. The fourth-order valence-corrected chi connectivity index (χ4v) is 2.84. The van der Waals surface area contributed by atoms with Crippen LogP contribution in [0.1, 0.15) is 31.4 Å². The van der Waals surface area contributed by atoms with Gasteiger partial charge in [0, 0.05) is 5.56 Å². The van der Waals surface area contributed by atoms with E-state index in [1.54, 1.807) is 12.1 Å². The van der Waals surface area contributed by atoms with Crippen LogP contribution in [0.25, 0.3) is 0 Å². The summed E-state index contributed by atoms with van der Waals surface area (Å²) < 4.78 is 17.1. The molecule has 0 amide bonds. The van der Waals surface area contributed by atoms with Crippen LogP contribution in [0.4, 0.5) is 0 Å². The number of rotatable bonds is 10. The van der Waals surface area contributed by atoms with Crippen molar-refractivity contribution in [3.63, 3.8) is 0 Å². The lowest BCUT2D eigenvalue weighted by Gasteiger charge is -2.15. The Morgan fingerprint density at radius 2 is 1.73 bits per heavy atom. The molecule has 2 aromatic rings. The van der Waals surface area contributed by atoms with Crippen LogP contribution in [0.2, 0.25) is 5.02 Å². The molecular formula is C20H24ClNO3S. The summed E-state index contributed by atoms with van der Waals surface area (Å²) in [5, 5.41) is 0.405. The first kappa shape index (κ1) is 20.3. The largest absolute Gasteiger partial charge is 0.490 e. The Hall–Kier alpha value is -1.98. The van der Waals surface area contributed by atoms with Crippen LogP contribution in [0.15, 0.2) is 36.4 Å². The van der Waals surface area contributed by atoms with E-state index in [0.717, 1.165) is 18.6 Å². The van der Waals surface area contributed by atoms with E-state index >= 15 is 0 Å². The highest BCUT2D eigenvalue weighted by molar-refractivity contribution is 7.80. The fourth-order valence-electron chi connectivity index (χ4n) is 2.46. The molecule has 0 aliphatic rings. The van der Waals surface area contributed by atoms with E-state index in [9.17, 15) is 0 Å². The number of ether oxygens (including phenoxy) is 3. The number of thiocarbonyl (C=S) groups is 1.